The van der Waals surface area contributed by atoms with Crippen LogP contribution in [0.4, 0.5) is 11.4 Å². The third-order valence-corrected chi connectivity index (χ3v) is 4.71. The molecule has 0 bridgehead atoms. The summed E-state index contributed by atoms with van der Waals surface area (Å²) in [6.45, 7) is 7.65. The number of anilines is 2. The van der Waals surface area contributed by atoms with Crippen molar-refractivity contribution >= 4 is 18.7 Å². The molecule has 0 unspecified atom stereocenters. The van der Waals surface area contributed by atoms with Crippen LogP contribution in [0.2, 0.25) is 13.1 Å². The molecule has 0 atom stereocenters. The zero-order valence-corrected chi connectivity index (χ0v) is 16.6. The average molecular weight is 348 g/mol. The second-order valence-electron chi connectivity index (χ2n) is 7.00. The number of hydrogen-bond acceptors (Lipinski definition) is 5. The van der Waals surface area contributed by atoms with Gasteiger partial charge in [0.15, 0.2) is 0 Å². The molecule has 0 spiro atoms. The molecule has 5 nitrogen and oxygen atoms in total. The molecule has 1 aromatic carbocycles. The Morgan fingerprint density at radius 2 is 1.60 bits per heavy atom. The zero-order chi connectivity index (χ0) is 18.7. The van der Waals surface area contributed by atoms with E-state index in [0.717, 1.165) is 26.0 Å². The van der Waals surface area contributed by atoms with E-state index in [1.807, 2.05) is 26.1 Å². The average Bonchev–Trinajstić information content (AvgIpc) is 2.61. The van der Waals surface area contributed by atoms with E-state index in [9.17, 15) is 9.59 Å². The molecule has 0 heterocycles. The van der Waals surface area contributed by atoms with Gasteiger partial charge in [0.25, 0.3) is 10.9 Å². The molecule has 0 aromatic heterocycles. The van der Waals surface area contributed by atoms with Gasteiger partial charge in [0.1, 0.15) is 18.7 Å². The third-order valence-electron chi connectivity index (χ3n) is 4.71. The van der Waals surface area contributed by atoms with Crippen LogP contribution >= 0.6 is 0 Å². The standard InChI is InChI=1S/C19H35BN3O2/c1-5-6-7-8-9-10-13-22(3)14-15-23(4)17-16(18(24)19(17)25)21-12-11-20-2/h21H,5-15H2,1-4H3. The van der Waals surface area contributed by atoms with Gasteiger partial charge in [-0.1, -0.05) is 52.2 Å². The first kappa shape index (κ1) is 21.7. The number of hydrogen-bond donors (Lipinski definition) is 1. The Kier molecular flexibility index (Phi) is 10.5. The predicted octanol–water partition coefficient (Wildman–Crippen LogP) is 2.59. The number of unbranched alkanes of at least 4 members (excludes halogenated alkanes) is 5. The summed E-state index contributed by atoms with van der Waals surface area (Å²) in [5.41, 5.74) is 0.310. The monoisotopic (exact) mass is 348 g/mol. The van der Waals surface area contributed by atoms with Crippen molar-refractivity contribution in [1.82, 2.24) is 4.90 Å². The van der Waals surface area contributed by atoms with Crippen molar-refractivity contribution in [3.05, 3.63) is 20.4 Å². The number of nitrogens with zero attached hydrogens (tertiary/aromatic N) is 2. The molecule has 6 heteroatoms. The fraction of sp³-hybridized carbons (Fsp3) is 0.789. The van der Waals surface area contributed by atoms with Gasteiger partial charge < -0.3 is 15.1 Å². The van der Waals surface area contributed by atoms with Gasteiger partial charge in [0, 0.05) is 26.7 Å². The summed E-state index contributed by atoms with van der Waals surface area (Å²) in [6.07, 6.45) is 8.70. The normalized spacial score (nSPS) is 11.2. The lowest BCUT2D eigenvalue weighted by Gasteiger charge is -2.26. The molecule has 0 saturated heterocycles. The molecule has 0 saturated carbocycles. The predicted molar refractivity (Wildman–Crippen MR) is 110 cm³/mol. The lowest BCUT2D eigenvalue weighted by Crippen LogP contribution is -2.43. The van der Waals surface area contributed by atoms with Crippen LogP contribution in [0.3, 0.4) is 0 Å². The van der Waals surface area contributed by atoms with Gasteiger partial charge in [-0.25, -0.2) is 0 Å². The molecular weight excluding hydrogens is 313 g/mol. The Hall–Kier alpha value is -1.30. The molecule has 1 aromatic rings. The van der Waals surface area contributed by atoms with E-state index in [0.29, 0.717) is 17.9 Å². The molecule has 0 amide bonds. The van der Waals surface area contributed by atoms with E-state index in [1.165, 1.54) is 38.5 Å². The summed E-state index contributed by atoms with van der Waals surface area (Å²) in [5, 5.41) is 3.10. The van der Waals surface area contributed by atoms with Crippen molar-refractivity contribution in [1.29, 1.82) is 0 Å². The molecule has 25 heavy (non-hydrogen) atoms. The minimum atomic E-state index is -0.376. The lowest BCUT2D eigenvalue weighted by atomic mass is 9.78. The van der Waals surface area contributed by atoms with Crippen LogP contribution in [-0.2, 0) is 0 Å². The maximum atomic E-state index is 11.9. The van der Waals surface area contributed by atoms with Crippen molar-refractivity contribution in [3.63, 3.8) is 0 Å². The molecular formula is C19H35BN3O2. The second kappa shape index (κ2) is 12.1. The molecule has 1 N–H and O–H groups in total. The zero-order valence-electron chi connectivity index (χ0n) is 16.6. The maximum Gasteiger partial charge on any atom is 0.253 e. The van der Waals surface area contributed by atoms with Crippen molar-refractivity contribution in [2.24, 2.45) is 0 Å². The molecule has 0 aliphatic rings. The summed E-state index contributed by atoms with van der Waals surface area (Å²) in [6, 6.07) is 0. The number of rotatable bonds is 15. The number of nitrogens with one attached hydrogen (secondary N) is 1. The molecule has 0 fully saturated rings. The SMILES string of the molecule is C[B]CCNc1c(N(C)CCN(C)CCCCCCCC)c(=O)c1=O. The van der Waals surface area contributed by atoms with Crippen molar-refractivity contribution < 1.29 is 0 Å². The van der Waals surface area contributed by atoms with Crippen LogP contribution in [0.25, 0.3) is 0 Å². The van der Waals surface area contributed by atoms with Crippen molar-refractivity contribution in [2.45, 2.75) is 58.6 Å². The van der Waals surface area contributed by atoms with Gasteiger partial charge in [-0.05, 0) is 20.0 Å². The molecule has 1 radical (unpaired) electrons. The quantitative estimate of drug-likeness (QED) is 0.300. The Bertz CT molecular complexity index is 555. The van der Waals surface area contributed by atoms with E-state index in [-0.39, 0.29) is 10.9 Å². The van der Waals surface area contributed by atoms with Gasteiger partial charge in [0.2, 0.25) is 0 Å². The fourth-order valence-electron chi connectivity index (χ4n) is 2.96. The van der Waals surface area contributed by atoms with Crippen LogP contribution in [0, 0.1) is 0 Å². The van der Waals surface area contributed by atoms with Crippen molar-refractivity contribution in [3.8, 4) is 0 Å². The fourth-order valence-corrected chi connectivity index (χ4v) is 2.96. The summed E-state index contributed by atoms with van der Waals surface area (Å²) in [5.74, 6) is 0. The van der Waals surface area contributed by atoms with Gasteiger partial charge in [-0.3, -0.25) is 9.59 Å². The largest absolute Gasteiger partial charge is 0.381 e. The van der Waals surface area contributed by atoms with E-state index in [1.54, 1.807) is 0 Å². The molecule has 0 aliphatic carbocycles. The van der Waals surface area contributed by atoms with E-state index in [2.05, 4.69) is 24.2 Å². The second-order valence-corrected chi connectivity index (χ2v) is 7.00. The smallest absolute Gasteiger partial charge is 0.253 e. The Labute approximate surface area is 153 Å². The molecule has 1 rings (SSSR count). The summed E-state index contributed by atoms with van der Waals surface area (Å²) < 4.78 is 0. The molecule has 141 valence electrons. The number of likely N-dealkylation sites (N-methyl/N-ethyl adjacent to an activating group) is 2. The van der Waals surface area contributed by atoms with Crippen molar-refractivity contribution in [2.75, 3.05) is 50.5 Å². The summed E-state index contributed by atoms with van der Waals surface area (Å²) in [7, 11) is 6.06. The van der Waals surface area contributed by atoms with Crippen LogP contribution in [0.5, 0.6) is 0 Å². The molecule has 0 aliphatic heterocycles. The first-order chi connectivity index (χ1) is 12.0. The van der Waals surface area contributed by atoms with Crippen LogP contribution < -0.4 is 21.1 Å². The van der Waals surface area contributed by atoms with Gasteiger partial charge >= 0.3 is 0 Å². The highest BCUT2D eigenvalue weighted by molar-refractivity contribution is 6.33. The first-order valence-corrected chi connectivity index (χ1v) is 9.77. The Morgan fingerprint density at radius 3 is 2.28 bits per heavy atom. The maximum absolute atomic E-state index is 11.9. The topological polar surface area (TPSA) is 52.6 Å². The summed E-state index contributed by atoms with van der Waals surface area (Å²) >= 11 is 0. The van der Waals surface area contributed by atoms with E-state index >= 15 is 0 Å². The van der Waals surface area contributed by atoms with Crippen LogP contribution in [0.15, 0.2) is 9.59 Å². The van der Waals surface area contributed by atoms with Crippen LogP contribution in [-0.4, -0.2) is 52.5 Å². The highest BCUT2D eigenvalue weighted by Gasteiger charge is 2.23. The van der Waals surface area contributed by atoms with E-state index in [4.69, 9.17) is 0 Å². The first-order valence-electron chi connectivity index (χ1n) is 9.77. The summed E-state index contributed by atoms with van der Waals surface area (Å²) in [4.78, 5) is 27.8. The lowest BCUT2D eigenvalue weighted by molar-refractivity contribution is 0.330. The van der Waals surface area contributed by atoms with Gasteiger partial charge in [-0.2, -0.15) is 0 Å². The van der Waals surface area contributed by atoms with Gasteiger partial charge in [-0.15, -0.1) is 0 Å². The minimum absolute atomic E-state index is 0.357. The highest BCUT2D eigenvalue weighted by atomic mass is 16.2. The van der Waals surface area contributed by atoms with E-state index < -0.39 is 0 Å². The van der Waals surface area contributed by atoms with Gasteiger partial charge in [0.05, 0.1) is 0 Å². The minimum Gasteiger partial charge on any atom is -0.381 e. The van der Waals surface area contributed by atoms with Crippen LogP contribution in [0.1, 0.15) is 45.4 Å². The highest BCUT2D eigenvalue weighted by Crippen LogP contribution is 2.18. The third kappa shape index (κ3) is 7.22. The Morgan fingerprint density at radius 1 is 0.920 bits per heavy atom. The Balaban J connectivity index is 2.32.